The zero-order valence-electron chi connectivity index (χ0n) is 4.88. The van der Waals surface area contributed by atoms with Crippen molar-refractivity contribution >= 4 is 0 Å². The Morgan fingerprint density at radius 3 is 2.17 bits per heavy atom. The van der Waals surface area contributed by atoms with Gasteiger partial charge in [-0.25, -0.2) is 0 Å². The van der Waals surface area contributed by atoms with Gasteiger partial charge in [0.25, 0.3) is 0 Å². The molecule has 0 saturated heterocycles. The summed E-state index contributed by atoms with van der Waals surface area (Å²) < 4.78 is 0. The zero-order valence-corrected chi connectivity index (χ0v) is 5.88. The molecule has 0 aliphatic heterocycles. The van der Waals surface area contributed by atoms with Crippen molar-refractivity contribution in [1.82, 2.24) is 0 Å². The minimum atomic E-state index is 0. The standard InChI is InChI=1S/CH5N3O.Na.H/c1-3-4(2)5;;/h1H3,(H2,2,3);;/q;+1;-1. The molecule has 6 heavy (non-hydrogen) atoms. The summed E-state index contributed by atoms with van der Waals surface area (Å²) in [6.07, 6.45) is 0. The number of rotatable bonds is 0. The zero-order chi connectivity index (χ0) is 4.28. The Bertz CT molecular complexity index is 52.9. The Morgan fingerprint density at radius 1 is 2.00 bits per heavy atom. The molecule has 0 atom stereocenters. The Morgan fingerprint density at radius 2 is 2.17 bits per heavy atom. The molecule has 0 spiro atoms. The van der Waals surface area contributed by atoms with Gasteiger partial charge in [-0.15, -0.1) is 0 Å². The quantitative estimate of drug-likeness (QED) is 0.113. The third-order valence-electron chi connectivity index (χ3n) is 0.197. The van der Waals surface area contributed by atoms with E-state index in [-0.39, 0.29) is 36.0 Å². The SMILES string of the molecule is CN=[N+](N)[O-].[H-].[Na+]. The summed E-state index contributed by atoms with van der Waals surface area (Å²) in [5.74, 6) is 4.40. The van der Waals surface area contributed by atoms with Gasteiger partial charge in [-0.2, -0.15) is 5.84 Å². The molecule has 0 heterocycles. The van der Waals surface area contributed by atoms with Crippen LogP contribution in [0.2, 0.25) is 0 Å². The molecular weight excluding hydrogens is 93.0 g/mol. The van der Waals surface area contributed by atoms with Gasteiger partial charge < -0.3 is 6.63 Å². The molecule has 0 aromatic heterocycles. The van der Waals surface area contributed by atoms with Crippen molar-refractivity contribution < 1.29 is 36.0 Å². The van der Waals surface area contributed by atoms with Crippen molar-refractivity contribution in [2.24, 2.45) is 11.0 Å². The van der Waals surface area contributed by atoms with Crippen LogP contribution in [0.25, 0.3) is 0 Å². The van der Waals surface area contributed by atoms with Gasteiger partial charge in [-0.05, 0) is 5.11 Å². The van der Waals surface area contributed by atoms with E-state index in [1.165, 1.54) is 7.05 Å². The van der Waals surface area contributed by atoms with Crippen LogP contribution in [0.4, 0.5) is 0 Å². The van der Waals surface area contributed by atoms with E-state index >= 15 is 0 Å². The maximum absolute atomic E-state index is 9.34. The summed E-state index contributed by atoms with van der Waals surface area (Å²) >= 11 is 0. The van der Waals surface area contributed by atoms with Crippen molar-refractivity contribution in [1.29, 1.82) is 0 Å². The smallest absolute Gasteiger partial charge is 1.00 e. The number of nitrogens with two attached hydrogens (primary N) is 1. The minimum Gasteiger partial charge on any atom is -1.00 e. The Labute approximate surface area is 59.4 Å². The normalized spacial score (nSPS) is 9.83. The molecule has 0 rings (SSSR count). The van der Waals surface area contributed by atoms with Gasteiger partial charge in [0.1, 0.15) is 0 Å². The molecule has 32 valence electrons. The van der Waals surface area contributed by atoms with Gasteiger partial charge in [0.05, 0.1) is 7.05 Å². The van der Waals surface area contributed by atoms with E-state index in [1.807, 2.05) is 0 Å². The van der Waals surface area contributed by atoms with Crippen LogP contribution in [0.1, 0.15) is 1.43 Å². The van der Waals surface area contributed by atoms with E-state index in [4.69, 9.17) is 0 Å². The third kappa shape index (κ3) is 8.89. The van der Waals surface area contributed by atoms with E-state index in [0.29, 0.717) is 0 Å². The number of hydrazine groups is 1. The summed E-state index contributed by atoms with van der Waals surface area (Å²) in [4.78, 5) is 0. The van der Waals surface area contributed by atoms with Crippen LogP contribution in [0, 0.1) is 5.21 Å². The van der Waals surface area contributed by atoms with Crippen LogP contribution in [0.3, 0.4) is 0 Å². The van der Waals surface area contributed by atoms with Gasteiger partial charge in [-0.1, -0.05) is 0 Å². The molecule has 2 N–H and O–H groups in total. The van der Waals surface area contributed by atoms with Gasteiger partial charge in [0.15, 0.2) is 0 Å². The maximum atomic E-state index is 9.34. The summed E-state index contributed by atoms with van der Waals surface area (Å²) in [5, 5.41) is 12.3. The molecule has 4 nitrogen and oxygen atoms in total. The van der Waals surface area contributed by atoms with Gasteiger partial charge in [0, 0.05) is 4.97 Å². The van der Waals surface area contributed by atoms with Crippen molar-refractivity contribution in [3.63, 3.8) is 0 Å². The summed E-state index contributed by atoms with van der Waals surface area (Å²) in [7, 11) is 1.31. The first-order valence-electron chi connectivity index (χ1n) is 1.09. The van der Waals surface area contributed by atoms with Crippen LogP contribution >= 0.6 is 0 Å². The summed E-state index contributed by atoms with van der Waals surface area (Å²) in [5.41, 5.74) is 0. The monoisotopic (exact) mass is 99.0 g/mol. The van der Waals surface area contributed by atoms with Gasteiger partial charge in [0.2, 0.25) is 0 Å². The molecule has 0 aliphatic rings. The molecule has 0 bridgehead atoms. The second kappa shape index (κ2) is 5.20. The predicted octanol–water partition coefficient (Wildman–Crippen LogP) is -3.43. The molecule has 0 saturated carbocycles. The molecule has 0 aromatic rings. The first-order valence-corrected chi connectivity index (χ1v) is 1.09. The van der Waals surface area contributed by atoms with Crippen LogP contribution in [0.15, 0.2) is 5.11 Å². The average Bonchev–Trinajstić information content (AvgIpc) is 1.38. The fourth-order valence-corrected chi connectivity index (χ4v) is 0. The molecule has 0 unspecified atom stereocenters. The number of hydrogen-bond acceptors (Lipinski definition) is 2. The van der Waals surface area contributed by atoms with E-state index in [2.05, 4.69) is 11.0 Å². The topological polar surface area (TPSA) is 64.5 Å². The average molecular weight is 99.1 g/mol. The van der Waals surface area contributed by atoms with Crippen molar-refractivity contribution in [2.45, 2.75) is 0 Å². The molecule has 5 heteroatoms. The van der Waals surface area contributed by atoms with Crippen LogP contribution in [0.5, 0.6) is 0 Å². The Kier molecular flexibility index (Phi) is 8.24. The summed E-state index contributed by atoms with van der Waals surface area (Å²) in [6, 6.07) is 0. The molecule has 0 radical (unpaired) electrons. The summed E-state index contributed by atoms with van der Waals surface area (Å²) in [6.45, 7) is 0. The van der Waals surface area contributed by atoms with Gasteiger partial charge in [-0.3, -0.25) is 0 Å². The number of hydrogen-bond donors (Lipinski definition) is 1. The molecule has 0 amide bonds. The third-order valence-corrected chi connectivity index (χ3v) is 0.197. The Balaban J connectivity index is -0.0000000800. The minimum absolute atomic E-state index is 0. The van der Waals surface area contributed by atoms with E-state index in [0.717, 1.165) is 0 Å². The number of nitrogens with zero attached hydrogens (tertiary/aromatic N) is 2. The molecule has 0 fully saturated rings. The van der Waals surface area contributed by atoms with Crippen molar-refractivity contribution in [2.75, 3.05) is 7.05 Å². The molecular formula is CH6N3NaO. The fraction of sp³-hybridized carbons (Fsp3) is 1.00. The predicted molar refractivity (Wildman–Crippen MR) is 17.3 cm³/mol. The second-order valence-corrected chi connectivity index (χ2v) is 0.503. The van der Waals surface area contributed by atoms with Crippen LogP contribution in [-0.4, -0.2) is 12.0 Å². The van der Waals surface area contributed by atoms with Gasteiger partial charge >= 0.3 is 29.6 Å². The van der Waals surface area contributed by atoms with E-state index in [1.54, 1.807) is 0 Å². The first kappa shape index (κ1) is 9.50. The fourth-order valence-electron chi connectivity index (χ4n) is 0. The molecule has 0 aromatic carbocycles. The van der Waals surface area contributed by atoms with Crippen LogP contribution < -0.4 is 35.4 Å². The van der Waals surface area contributed by atoms with E-state index < -0.39 is 0 Å². The van der Waals surface area contributed by atoms with Crippen molar-refractivity contribution in [3.8, 4) is 0 Å². The second-order valence-electron chi connectivity index (χ2n) is 0.503. The largest absolute Gasteiger partial charge is 1.00 e. The maximum Gasteiger partial charge on any atom is 1.00 e. The Hall–Kier alpha value is 0.200. The first-order chi connectivity index (χ1) is 2.27. The van der Waals surface area contributed by atoms with E-state index in [9.17, 15) is 5.21 Å². The molecule has 0 aliphatic carbocycles. The van der Waals surface area contributed by atoms with Crippen molar-refractivity contribution in [3.05, 3.63) is 5.21 Å². The van der Waals surface area contributed by atoms with Crippen LogP contribution in [-0.2, 0) is 0 Å².